The minimum absolute atomic E-state index is 0.856. The third-order valence-corrected chi connectivity index (χ3v) is 11.0. The van der Waals surface area contributed by atoms with Crippen molar-refractivity contribution in [2.24, 2.45) is 0 Å². The summed E-state index contributed by atoms with van der Waals surface area (Å²) >= 11 is 1.76. The number of hydrogen-bond donors (Lipinski definition) is 0. The highest BCUT2D eigenvalue weighted by molar-refractivity contribution is 7.22. The molecular formula is C45H26N2O2S. The van der Waals surface area contributed by atoms with Crippen LogP contribution >= 0.6 is 11.3 Å². The number of furan rings is 2. The molecule has 0 N–H and O–H groups in total. The van der Waals surface area contributed by atoms with Crippen molar-refractivity contribution in [1.29, 1.82) is 0 Å². The molecule has 0 saturated carbocycles. The molecule has 3 heterocycles. The van der Waals surface area contributed by atoms with E-state index in [0.29, 0.717) is 0 Å². The molecule has 0 aliphatic rings. The maximum Gasteiger partial charge on any atom is 0.137 e. The lowest BCUT2D eigenvalue weighted by molar-refractivity contribution is 0.668. The first-order valence-electron chi connectivity index (χ1n) is 16.7. The predicted octanol–water partition coefficient (Wildman–Crippen LogP) is 13.5. The van der Waals surface area contributed by atoms with Gasteiger partial charge in [0.05, 0.1) is 10.2 Å². The highest BCUT2D eigenvalue weighted by Crippen LogP contribution is 2.44. The molecule has 0 unspecified atom stereocenters. The van der Waals surface area contributed by atoms with Crippen LogP contribution in [0.5, 0.6) is 0 Å². The van der Waals surface area contributed by atoms with E-state index >= 15 is 0 Å². The van der Waals surface area contributed by atoms with Crippen LogP contribution in [-0.4, -0.2) is 4.98 Å². The minimum Gasteiger partial charge on any atom is -0.456 e. The fourth-order valence-corrected chi connectivity index (χ4v) is 8.65. The van der Waals surface area contributed by atoms with Crippen LogP contribution in [0.4, 0.5) is 17.1 Å². The molecule has 4 nitrogen and oxygen atoms in total. The van der Waals surface area contributed by atoms with Crippen molar-refractivity contribution in [3.8, 4) is 10.6 Å². The van der Waals surface area contributed by atoms with Crippen molar-refractivity contribution in [2.45, 2.75) is 0 Å². The summed E-state index contributed by atoms with van der Waals surface area (Å²) in [5.74, 6) is 0. The van der Waals surface area contributed by atoms with Crippen LogP contribution in [0.3, 0.4) is 0 Å². The summed E-state index contributed by atoms with van der Waals surface area (Å²) in [4.78, 5) is 7.40. The van der Waals surface area contributed by atoms with Crippen LogP contribution in [0.15, 0.2) is 167 Å². The topological polar surface area (TPSA) is 42.4 Å². The summed E-state index contributed by atoms with van der Waals surface area (Å²) in [6.07, 6.45) is 0. The SMILES string of the molecule is c1ccc(-c2nc3ccc4ccc5ccc(N(c6ccc7c(c6)oc6ccccc67)c6ccc7oc8ccccc8c7c6)cc5c4c3s2)cc1. The summed E-state index contributed by atoms with van der Waals surface area (Å²) in [5.41, 5.74) is 8.75. The average Bonchev–Trinajstić information content (AvgIpc) is 3.88. The Hall–Kier alpha value is -6.43. The Morgan fingerprint density at radius 1 is 0.440 bits per heavy atom. The van der Waals surface area contributed by atoms with Gasteiger partial charge in [0.15, 0.2) is 0 Å². The van der Waals surface area contributed by atoms with E-state index in [1.165, 1.54) is 26.2 Å². The number of para-hydroxylation sites is 2. The van der Waals surface area contributed by atoms with Crippen LogP contribution < -0.4 is 4.90 Å². The van der Waals surface area contributed by atoms with Crippen molar-refractivity contribution in [1.82, 2.24) is 4.98 Å². The second-order valence-corrected chi connectivity index (χ2v) is 13.8. The fraction of sp³-hybridized carbons (Fsp3) is 0. The number of fused-ring (bicyclic) bond motifs is 11. The number of benzene rings is 8. The van der Waals surface area contributed by atoms with Crippen molar-refractivity contribution in [2.75, 3.05) is 4.90 Å². The second-order valence-electron chi connectivity index (χ2n) is 12.8. The standard InChI is InChI=1S/C45H26N2O2S/c1-2-8-29(9-3-1)45-46-38-22-17-28-15-14-27-16-18-30(24-36(27)43(28)44(38)50-45)47(31-20-23-41-37(25-31)34-11-5-7-13-40(34)48-41)32-19-21-35-33-10-4-6-12-39(33)49-42(35)26-32/h1-26H. The zero-order valence-electron chi connectivity index (χ0n) is 26.6. The smallest absolute Gasteiger partial charge is 0.137 e. The number of aromatic nitrogens is 1. The molecule has 8 aromatic carbocycles. The maximum absolute atomic E-state index is 6.40. The van der Waals surface area contributed by atoms with Gasteiger partial charge in [0.2, 0.25) is 0 Å². The van der Waals surface area contributed by atoms with E-state index in [0.717, 1.165) is 77.0 Å². The van der Waals surface area contributed by atoms with E-state index in [2.05, 4.69) is 132 Å². The van der Waals surface area contributed by atoms with Gasteiger partial charge in [0, 0.05) is 55.6 Å². The molecule has 0 atom stereocenters. The molecule has 50 heavy (non-hydrogen) atoms. The van der Waals surface area contributed by atoms with E-state index in [9.17, 15) is 0 Å². The summed E-state index contributed by atoms with van der Waals surface area (Å²) in [6.45, 7) is 0. The molecule has 0 aliphatic carbocycles. The van der Waals surface area contributed by atoms with E-state index in [1.54, 1.807) is 11.3 Å². The van der Waals surface area contributed by atoms with Crippen molar-refractivity contribution in [3.63, 3.8) is 0 Å². The molecule has 0 spiro atoms. The van der Waals surface area contributed by atoms with Gasteiger partial charge in [-0.05, 0) is 76.8 Å². The van der Waals surface area contributed by atoms with Crippen LogP contribution in [-0.2, 0) is 0 Å². The van der Waals surface area contributed by atoms with E-state index in [-0.39, 0.29) is 0 Å². The molecule has 0 fully saturated rings. The van der Waals surface area contributed by atoms with Crippen molar-refractivity contribution < 1.29 is 8.83 Å². The number of nitrogens with zero attached hydrogens (tertiary/aromatic N) is 2. The lowest BCUT2D eigenvalue weighted by Gasteiger charge is -2.26. The Morgan fingerprint density at radius 2 is 1.02 bits per heavy atom. The monoisotopic (exact) mass is 658 g/mol. The number of anilines is 3. The number of hydrogen-bond acceptors (Lipinski definition) is 5. The maximum atomic E-state index is 6.40. The molecule has 0 bridgehead atoms. The lowest BCUT2D eigenvalue weighted by atomic mass is 10.00. The van der Waals surface area contributed by atoms with Crippen LogP contribution in [0, 0.1) is 0 Å². The molecule has 0 aliphatic heterocycles. The molecule has 11 rings (SSSR count). The Bertz CT molecular complexity index is 3120. The predicted molar refractivity (Wildman–Crippen MR) is 209 cm³/mol. The first-order chi connectivity index (χ1) is 24.7. The van der Waals surface area contributed by atoms with Gasteiger partial charge in [-0.2, -0.15) is 0 Å². The van der Waals surface area contributed by atoms with Crippen LogP contribution in [0.2, 0.25) is 0 Å². The van der Waals surface area contributed by atoms with Gasteiger partial charge in [0.25, 0.3) is 0 Å². The van der Waals surface area contributed by atoms with Crippen molar-refractivity contribution >= 4 is 104 Å². The summed E-state index contributed by atoms with van der Waals surface area (Å²) in [5, 5.41) is 10.2. The third kappa shape index (κ3) is 4.14. The highest BCUT2D eigenvalue weighted by Gasteiger charge is 2.19. The van der Waals surface area contributed by atoms with Gasteiger partial charge in [0.1, 0.15) is 27.3 Å². The Morgan fingerprint density at radius 3 is 1.86 bits per heavy atom. The first kappa shape index (κ1) is 27.5. The minimum atomic E-state index is 0.856. The third-order valence-electron chi connectivity index (χ3n) is 9.86. The zero-order chi connectivity index (χ0) is 32.8. The molecule has 11 aromatic rings. The van der Waals surface area contributed by atoms with Gasteiger partial charge in [-0.3, -0.25) is 0 Å². The number of rotatable bonds is 4. The Kier molecular flexibility index (Phi) is 5.80. The number of thiazole rings is 1. The average molecular weight is 659 g/mol. The van der Waals surface area contributed by atoms with Crippen LogP contribution in [0.25, 0.3) is 86.2 Å². The van der Waals surface area contributed by atoms with Crippen molar-refractivity contribution in [3.05, 3.63) is 158 Å². The summed E-state index contributed by atoms with van der Waals surface area (Å²) in [6, 6.07) is 55.5. The van der Waals surface area contributed by atoms with E-state index in [4.69, 9.17) is 13.8 Å². The Labute approximate surface area is 290 Å². The lowest BCUT2D eigenvalue weighted by Crippen LogP contribution is -2.09. The van der Waals surface area contributed by atoms with Gasteiger partial charge in [-0.1, -0.05) is 91.0 Å². The van der Waals surface area contributed by atoms with E-state index in [1.807, 2.05) is 30.3 Å². The van der Waals surface area contributed by atoms with Gasteiger partial charge in [-0.15, -0.1) is 11.3 Å². The molecule has 5 heteroatoms. The molecule has 234 valence electrons. The fourth-order valence-electron chi connectivity index (χ4n) is 7.51. The van der Waals surface area contributed by atoms with Gasteiger partial charge in [-0.25, -0.2) is 4.98 Å². The first-order valence-corrected chi connectivity index (χ1v) is 17.5. The largest absolute Gasteiger partial charge is 0.456 e. The second kappa shape index (κ2) is 10.5. The Balaban J connectivity index is 1.17. The molecule has 0 radical (unpaired) electrons. The molecule has 0 saturated heterocycles. The quantitative estimate of drug-likeness (QED) is 0.177. The van der Waals surface area contributed by atoms with E-state index < -0.39 is 0 Å². The van der Waals surface area contributed by atoms with Gasteiger partial charge >= 0.3 is 0 Å². The summed E-state index contributed by atoms with van der Waals surface area (Å²) < 4.78 is 13.8. The van der Waals surface area contributed by atoms with Crippen LogP contribution in [0.1, 0.15) is 0 Å². The highest BCUT2D eigenvalue weighted by atomic mass is 32.1. The normalized spacial score (nSPS) is 12.0. The van der Waals surface area contributed by atoms with Gasteiger partial charge < -0.3 is 13.7 Å². The molecular weight excluding hydrogens is 633 g/mol. The molecule has 0 amide bonds. The summed E-state index contributed by atoms with van der Waals surface area (Å²) in [7, 11) is 0. The molecule has 3 aromatic heterocycles. The zero-order valence-corrected chi connectivity index (χ0v) is 27.4.